The molecule has 2 saturated heterocycles. The summed E-state index contributed by atoms with van der Waals surface area (Å²) in [6.45, 7) is 11.2. The van der Waals surface area contributed by atoms with E-state index in [1.165, 1.54) is 0 Å². The maximum absolute atomic E-state index is 12.9. The molecule has 6 nitrogen and oxygen atoms in total. The van der Waals surface area contributed by atoms with Gasteiger partial charge in [-0.3, -0.25) is 19.2 Å². The average molecular weight is 456 g/mol. The highest BCUT2D eigenvalue weighted by atomic mass is 31.1. The lowest BCUT2D eigenvalue weighted by atomic mass is 9.92. The van der Waals surface area contributed by atoms with Gasteiger partial charge < -0.3 is 9.05 Å². The van der Waals surface area contributed by atoms with Crippen molar-refractivity contribution in [2.24, 2.45) is 5.41 Å². The predicted molar refractivity (Wildman–Crippen MR) is 119 cm³/mol. The van der Waals surface area contributed by atoms with Gasteiger partial charge in [0.25, 0.3) is 0 Å². The minimum Gasteiger partial charge on any atom is -0.458 e. The fourth-order valence-corrected chi connectivity index (χ4v) is 8.30. The van der Waals surface area contributed by atoms with Crippen LogP contribution in [0.25, 0.3) is 0 Å². The highest BCUT2D eigenvalue weighted by molar-refractivity contribution is 7.99. The van der Waals surface area contributed by atoms with Crippen LogP contribution in [0.5, 0.6) is 11.5 Å². The molecular formula is C23H22O6P2. The summed E-state index contributed by atoms with van der Waals surface area (Å²) in [6, 6.07) is 7.56. The summed E-state index contributed by atoms with van der Waals surface area (Å²) in [6.07, 6.45) is 0. The quantitative estimate of drug-likeness (QED) is 0.480. The van der Waals surface area contributed by atoms with Gasteiger partial charge in [-0.05, 0) is 63.8 Å². The standard InChI is InChI=1S/C23H22O6P2/c1-11-7-13(3)17(14(4)8-11)28-30-19(24)23(20(30)25)21(26)31(22(23)27)29-18-15(5)9-12(2)10-16(18)6/h7-10H,1-6H3. The molecule has 0 saturated carbocycles. The molecule has 4 rings (SSSR count). The summed E-state index contributed by atoms with van der Waals surface area (Å²) in [5.74, 6) is 0.911. The Bertz CT molecular complexity index is 1020. The summed E-state index contributed by atoms with van der Waals surface area (Å²) < 4.78 is 11.5. The molecule has 0 aliphatic carbocycles. The van der Waals surface area contributed by atoms with Gasteiger partial charge in [0.05, 0.1) is 0 Å². The van der Waals surface area contributed by atoms with Crippen LogP contribution >= 0.6 is 16.3 Å². The fraction of sp³-hybridized carbons (Fsp3) is 0.304. The molecule has 2 aromatic carbocycles. The molecule has 0 amide bonds. The third-order valence-electron chi connectivity index (χ3n) is 5.60. The molecule has 2 fully saturated rings. The zero-order valence-electron chi connectivity index (χ0n) is 18.2. The first-order valence-electron chi connectivity index (χ1n) is 9.79. The van der Waals surface area contributed by atoms with Crippen LogP contribution in [0.3, 0.4) is 0 Å². The van der Waals surface area contributed by atoms with E-state index in [-0.39, 0.29) is 0 Å². The van der Waals surface area contributed by atoms with Crippen LogP contribution in [0.15, 0.2) is 24.3 Å². The van der Waals surface area contributed by atoms with Gasteiger partial charge in [-0.1, -0.05) is 35.4 Å². The largest absolute Gasteiger partial charge is 0.458 e. The van der Waals surface area contributed by atoms with Gasteiger partial charge in [0.1, 0.15) is 11.5 Å². The van der Waals surface area contributed by atoms with Crippen molar-refractivity contribution < 1.29 is 28.2 Å². The maximum atomic E-state index is 12.9. The van der Waals surface area contributed by atoms with E-state index in [1.807, 2.05) is 65.8 Å². The van der Waals surface area contributed by atoms with E-state index in [1.54, 1.807) is 0 Å². The van der Waals surface area contributed by atoms with E-state index in [0.717, 1.165) is 33.4 Å². The molecular weight excluding hydrogens is 434 g/mol. The third kappa shape index (κ3) is 3.00. The Morgan fingerprint density at radius 2 is 0.806 bits per heavy atom. The Hall–Kier alpha value is -2.42. The molecule has 31 heavy (non-hydrogen) atoms. The monoisotopic (exact) mass is 456 g/mol. The van der Waals surface area contributed by atoms with E-state index in [9.17, 15) is 19.2 Å². The van der Waals surface area contributed by atoms with E-state index in [0.29, 0.717) is 11.5 Å². The Balaban J connectivity index is 1.55. The normalized spacial score (nSPS) is 24.8. The molecule has 1 spiro atoms. The molecule has 0 aromatic heterocycles. The molecule has 160 valence electrons. The number of carbonyl (C=O) groups excluding carboxylic acids is 4. The summed E-state index contributed by atoms with van der Waals surface area (Å²) in [5.41, 5.74) is 0.167. The Labute approximate surface area is 183 Å². The zero-order valence-corrected chi connectivity index (χ0v) is 19.9. The molecule has 2 heterocycles. The van der Waals surface area contributed by atoms with Crippen LogP contribution < -0.4 is 9.05 Å². The van der Waals surface area contributed by atoms with Gasteiger partial charge in [0.2, 0.25) is 43.8 Å². The Morgan fingerprint density at radius 3 is 1.06 bits per heavy atom. The van der Waals surface area contributed by atoms with Gasteiger partial charge in [-0.2, -0.15) is 0 Å². The molecule has 0 unspecified atom stereocenters. The van der Waals surface area contributed by atoms with Crippen molar-refractivity contribution in [3.63, 3.8) is 0 Å². The van der Waals surface area contributed by atoms with Crippen molar-refractivity contribution >= 4 is 38.4 Å². The smallest absolute Gasteiger partial charge is 0.236 e. The van der Waals surface area contributed by atoms with Crippen LogP contribution in [0.1, 0.15) is 33.4 Å². The summed E-state index contributed by atoms with van der Waals surface area (Å²) in [4.78, 5) is 51.5. The van der Waals surface area contributed by atoms with Gasteiger partial charge in [-0.25, -0.2) is 0 Å². The molecule has 8 heteroatoms. The van der Waals surface area contributed by atoms with Crippen molar-refractivity contribution in [1.29, 1.82) is 0 Å². The molecule has 0 atom stereocenters. The second-order valence-electron chi connectivity index (χ2n) is 8.20. The van der Waals surface area contributed by atoms with Crippen molar-refractivity contribution in [2.75, 3.05) is 0 Å². The minimum atomic E-state index is -2.20. The minimum absolute atomic E-state index is 0.455. The van der Waals surface area contributed by atoms with Crippen LogP contribution in [-0.2, 0) is 19.2 Å². The number of rotatable bonds is 4. The molecule has 2 aliphatic heterocycles. The number of carbonyl (C=O) groups is 4. The van der Waals surface area contributed by atoms with Crippen molar-refractivity contribution in [1.82, 2.24) is 0 Å². The molecule has 0 bridgehead atoms. The highest BCUT2D eigenvalue weighted by Crippen LogP contribution is 2.74. The average Bonchev–Trinajstić information content (AvgIpc) is 2.66. The lowest BCUT2D eigenvalue weighted by Crippen LogP contribution is -2.65. The van der Waals surface area contributed by atoms with Gasteiger partial charge >= 0.3 is 0 Å². The van der Waals surface area contributed by atoms with E-state index in [2.05, 4.69) is 0 Å². The van der Waals surface area contributed by atoms with Crippen LogP contribution in [0, 0.1) is 47.0 Å². The first-order valence-corrected chi connectivity index (χ1v) is 12.3. The van der Waals surface area contributed by atoms with Crippen LogP contribution in [-0.4, -0.2) is 22.1 Å². The molecule has 2 aromatic rings. The van der Waals surface area contributed by atoms with Gasteiger partial charge in [0.15, 0.2) is 0 Å². The number of hydrogen-bond acceptors (Lipinski definition) is 6. The lowest BCUT2D eigenvalue weighted by molar-refractivity contribution is -0.150. The first kappa shape index (κ1) is 21.8. The fourth-order valence-electron chi connectivity index (χ4n) is 4.21. The van der Waals surface area contributed by atoms with Crippen molar-refractivity contribution in [3.05, 3.63) is 57.6 Å². The number of aryl methyl sites for hydroxylation is 6. The number of hydrogen-bond donors (Lipinski definition) is 0. The molecule has 0 radical (unpaired) electrons. The number of benzene rings is 2. The topological polar surface area (TPSA) is 86.7 Å². The Morgan fingerprint density at radius 1 is 0.548 bits per heavy atom. The zero-order chi connectivity index (χ0) is 22.8. The second kappa shape index (κ2) is 7.32. The lowest BCUT2D eigenvalue weighted by Gasteiger charge is -2.47. The highest BCUT2D eigenvalue weighted by Gasteiger charge is 2.83. The SMILES string of the molecule is Cc1cc(C)c(OP2C(=O)C3(C2=O)C(=O)P(Oc2c(C)cc(C)cc2C)C3=O)c(C)c1. The van der Waals surface area contributed by atoms with Crippen LogP contribution in [0.4, 0.5) is 0 Å². The molecule has 0 N–H and O–H groups in total. The van der Waals surface area contributed by atoms with E-state index < -0.39 is 43.8 Å². The second-order valence-corrected chi connectivity index (χ2v) is 11.4. The predicted octanol–water partition coefficient (Wildman–Crippen LogP) is 4.91. The van der Waals surface area contributed by atoms with Crippen molar-refractivity contribution in [2.45, 2.75) is 41.5 Å². The van der Waals surface area contributed by atoms with Crippen molar-refractivity contribution in [3.8, 4) is 11.5 Å². The summed E-state index contributed by atoms with van der Waals surface area (Å²) >= 11 is 0. The van der Waals surface area contributed by atoms with Gasteiger partial charge in [0, 0.05) is 0 Å². The maximum Gasteiger partial charge on any atom is 0.236 e. The van der Waals surface area contributed by atoms with Gasteiger partial charge in [-0.15, -0.1) is 0 Å². The van der Waals surface area contributed by atoms with Crippen LogP contribution in [0.2, 0.25) is 0 Å². The van der Waals surface area contributed by atoms with E-state index in [4.69, 9.17) is 9.05 Å². The summed E-state index contributed by atoms with van der Waals surface area (Å²) in [7, 11) is -4.39. The third-order valence-corrected chi connectivity index (χ3v) is 9.14. The molecule has 2 aliphatic rings. The summed E-state index contributed by atoms with van der Waals surface area (Å²) in [5, 5.41) is 0. The Kier molecular flexibility index (Phi) is 5.15. The first-order chi connectivity index (χ1) is 14.5. The van der Waals surface area contributed by atoms with E-state index >= 15 is 0 Å².